The summed E-state index contributed by atoms with van der Waals surface area (Å²) in [4.78, 5) is 26.9. The number of benzene rings is 2. The van der Waals surface area contributed by atoms with Crippen LogP contribution in [0.2, 0.25) is 10.0 Å². The van der Waals surface area contributed by atoms with Crippen molar-refractivity contribution in [3.05, 3.63) is 67.7 Å². The van der Waals surface area contributed by atoms with E-state index in [0.29, 0.717) is 31.2 Å². The van der Waals surface area contributed by atoms with Crippen LogP contribution in [0, 0.1) is 17.0 Å². The van der Waals surface area contributed by atoms with Gasteiger partial charge in [-0.25, -0.2) is 0 Å². The summed E-state index contributed by atoms with van der Waals surface area (Å²) in [5.41, 5.74) is 2.35. The van der Waals surface area contributed by atoms with E-state index >= 15 is 0 Å². The SMILES string of the molecule is Cc1ccc(Cl)cc1N1CCN(C(=O)c2ccc([N+](=O)[O-])cc2Cl)CC1. The van der Waals surface area contributed by atoms with Gasteiger partial charge in [-0.05, 0) is 30.7 Å². The van der Waals surface area contributed by atoms with Gasteiger partial charge in [0.05, 0.1) is 15.5 Å². The quantitative estimate of drug-likeness (QED) is 0.579. The Morgan fingerprint density at radius 3 is 2.38 bits per heavy atom. The van der Waals surface area contributed by atoms with Crippen LogP contribution in [0.5, 0.6) is 0 Å². The Hall–Kier alpha value is -2.31. The summed E-state index contributed by atoms with van der Waals surface area (Å²) in [6.07, 6.45) is 0. The first-order valence-electron chi connectivity index (χ1n) is 8.11. The zero-order valence-corrected chi connectivity index (χ0v) is 15.6. The van der Waals surface area contributed by atoms with Crippen LogP contribution in [-0.2, 0) is 0 Å². The Morgan fingerprint density at radius 2 is 1.77 bits per heavy atom. The minimum atomic E-state index is -0.535. The molecule has 1 amide bonds. The van der Waals surface area contributed by atoms with Crippen molar-refractivity contribution in [2.45, 2.75) is 6.92 Å². The Kier molecular flexibility index (Phi) is 5.34. The van der Waals surface area contributed by atoms with E-state index < -0.39 is 4.92 Å². The number of aryl methyl sites for hydroxylation is 1. The lowest BCUT2D eigenvalue weighted by atomic mass is 10.1. The Balaban J connectivity index is 1.71. The van der Waals surface area contributed by atoms with Crippen molar-refractivity contribution in [3.63, 3.8) is 0 Å². The van der Waals surface area contributed by atoms with Crippen molar-refractivity contribution in [1.29, 1.82) is 0 Å². The second kappa shape index (κ2) is 7.51. The summed E-state index contributed by atoms with van der Waals surface area (Å²) in [5.74, 6) is -0.215. The lowest BCUT2D eigenvalue weighted by molar-refractivity contribution is -0.384. The number of amides is 1. The van der Waals surface area contributed by atoms with Gasteiger partial charge in [-0.3, -0.25) is 14.9 Å². The molecule has 6 nitrogen and oxygen atoms in total. The molecule has 0 unspecified atom stereocenters. The number of nitro benzene ring substituents is 1. The van der Waals surface area contributed by atoms with Gasteiger partial charge in [-0.15, -0.1) is 0 Å². The molecular formula is C18H17Cl2N3O3. The van der Waals surface area contributed by atoms with Gasteiger partial charge in [0, 0.05) is 49.0 Å². The van der Waals surface area contributed by atoms with E-state index in [9.17, 15) is 14.9 Å². The summed E-state index contributed by atoms with van der Waals surface area (Å²) in [7, 11) is 0. The van der Waals surface area contributed by atoms with Crippen LogP contribution >= 0.6 is 23.2 Å². The third kappa shape index (κ3) is 3.76. The number of nitro groups is 1. The fourth-order valence-corrected chi connectivity index (χ4v) is 3.46. The minimum absolute atomic E-state index is 0.0947. The largest absolute Gasteiger partial charge is 0.368 e. The van der Waals surface area contributed by atoms with Crippen LogP contribution in [-0.4, -0.2) is 41.9 Å². The summed E-state index contributed by atoms with van der Waals surface area (Å²) in [5, 5.41) is 11.6. The lowest BCUT2D eigenvalue weighted by Gasteiger charge is -2.37. The zero-order valence-electron chi connectivity index (χ0n) is 14.1. The molecule has 1 heterocycles. The molecule has 1 aliphatic rings. The number of halogens is 2. The molecule has 3 rings (SSSR count). The Bertz CT molecular complexity index is 865. The maximum Gasteiger partial charge on any atom is 0.270 e. The highest BCUT2D eigenvalue weighted by molar-refractivity contribution is 6.34. The molecule has 0 spiro atoms. The highest BCUT2D eigenvalue weighted by atomic mass is 35.5. The van der Waals surface area contributed by atoms with Gasteiger partial charge in [0.2, 0.25) is 0 Å². The number of carbonyl (C=O) groups is 1. The molecule has 0 aromatic heterocycles. The van der Waals surface area contributed by atoms with E-state index in [4.69, 9.17) is 23.2 Å². The minimum Gasteiger partial charge on any atom is -0.368 e. The van der Waals surface area contributed by atoms with E-state index in [0.717, 1.165) is 11.3 Å². The Morgan fingerprint density at radius 1 is 1.08 bits per heavy atom. The second-order valence-corrected chi connectivity index (χ2v) is 6.97. The number of carbonyl (C=O) groups excluding carboxylic acids is 1. The average molecular weight is 394 g/mol. The fraction of sp³-hybridized carbons (Fsp3) is 0.278. The molecule has 0 saturated carbocycles. The van der Waals surface area contributed by atoms with E-state index in [-0.39, 0.29) is 22.2 Å². The van der Waals surface area contributed by atoms with Gasteiger partial charge < -0.3 is 9.80 Å². The molecule has 2 aromatic rings. The molecule has 0 radical (unpaired) electrons. The zero-order chi connectivity index (χ0) is 18.8. The molecule has 0 bridgehead atoms. The molecule has 1 fully saturated rings. The molecule has 26 heavy (non-hydrogen) atoms. The highest BCUT2D eigenvalue weighted by Gasteiger charge is 2.25. The average Bonchev–Trinajstić information content (AvgIpc) is 2.63. The van der Waals surface area contributed by atoms with E-state index in [1.807, 2.05) is 25.1 Å². The van der Waals surface area contributed by atoms with E-state index in [2.05, 4.69) is 4.90 Å². The number of rotatable bonds is 3. The number of nitrogens with zero attached hydrogens (tertiary/aromatic N) is 3. The predicted molar refractivity (Wildman–Crippen MR) is 102 cm³/mol. The molecule has 1 aliphatic heterocycles. The van der Waals surface area contributed by atoms with Gasteiger partial charge in [0.1, 0.15) is 0 Å². The number of piperazine rings is 1. The normalized spacial score (nSPS) is 14.4. The maximum absolute atomic E-state index is 12.7. The number of hydrogen-bond donors (Lipinski definition) is 0. The fourth-order valence-electron chi connectivity index (χ4n) is 3.04. The second-order valence-electron chi connectivity index (χ2n) is 6.13. The van der Waals surface area contributed by atoms with Gasteiger partial charge in [-0.1, -0.05) is 29.3 Å². The third-order valence-corrected chi connectivity index (χ3v) is 5.02. The molecule has 0 N–H and O–H groups in total. The van der Waals surface area contributed by atoms with Crippen molar-refractivity contribution in [2.24, 2.45) is 0 Å². The van der Waals surface area contributed by atoms with Crippen molar-refractivity contribution >= 4 is 40.5 Å². The Labute approximate surface area is 161 Å². The van der Waals surface area contributed by atoms with Crippen LogP contribution in [0.4, 0.5) is 11.4 Å². The lowest BCUT2D eigenvalue weighted by Crippen LogP contribution is -2.49. The predicted octanol–water partition coefficient (Wildman–Crippen LogP) is 4.17. The van der Waals surface area contributed by atoms with E-state index in [1.165, 1.54) is 18.2 Å². The maximum atomic E-state index is 12.7. The molecular weight excluding hydrogens is 377 g/mol. The first-order valence-corrected chi connectivity index (χ1v) is 8.86. The molecule has 136 valence electrons. The molecule has 1 saturated heterocycles. The third-order valence-electron chi connectivity index (χ3n) is 4.47. The molecule has 0 atom stereocenters. The van der Waals surface area contributed by atoms with Gasteiger partial charge >= 0.3 is 0 Å². The van der Waals surface area contributed by atoms with Crippen molar-refractivity contribution in [3.8, 4) is 0 Å². The van der Waals surface area contributed by atoms with Gasteiger partial charge in [-0.2, -0.15) is 0 Å². The van der Waals surface area contributed by atoms with Crippen LogP contribution in [0.15, 0.2) is 36.4 Å². The van der Waals surface area contributed by atoms with Crippen molar-refractivity contribution in [2.75, 3.05) is 31.1 Å². The summed E-state index contributed by atoms with van der Waals surface area (Å²) in [6.45, 7) is 4.46. The first-order chi connectivity index (χ1) is 12.4. The standard InChI is InChI=1S/C18H17Cl2N3O3/c1-12-2-3-13(19)10-17(12)21-6-8-22(9-7-21)18(24)15-5-4-14(23(25)26)11-16(15)20/h2-5,10-11H,6-9H2,1H3. The van der Waals surface area contributed by atoms with Crippen LogP contribution in [0.25, 0.3) is 0 Å². The number of non-ortho nitro benzene ring substituents is 1. The summed E-state index contributed by atoms with van der Waals surface area (Å²) >= 11 is 12.2. The number of anilines is 1. The number of hydrogen-bond acceptors (Lipinski definition) is 4. The van der Waals surface area contributed by atoms with Crippen LogP contribution in [0.3, 0.4) is 0 Å². The van der Waals surface area contributed by atoms with Gasteiger partial charge in [0.25, 0.3) is 11.6 Å². The smallest absolute Gasteiger partial charge is 0.270 e. The molecule has 2 aromatic carbocycles. The van der Waals surface area contributed by atoms with Crippen molar-refractivity contribution in [1.82, 2.24) is 4.90 Å². The van der Waals surface area contributed by atoms with E-state index in [1.54, 1.807) is 4.90 Å². The first kappa shape index (κ1) is 18.5. The van der Waals surface area contributed by atoms with Gasteiger partial charge in [0.15, 0.2) is 0 Å². The topological polar surface area (TPSA) is 66.7 Å². The summed E-state index contributed by atoms with van der Waals surface area (Å²) < 4.78 is 0. The van der Waals surface area contributed by atoms with Crippen LogP contribution < -0.4 is 4.90 Å². The molecule has 8 heteroatoms. The monoisotopic (exact) mass is 393 g/mol. The highest BCUT2D eigenvalue weighted by Crippen LogP contribution is 2.27. The van der Waals surface area contributed by atoms with Crippen molar-refractivity contribution < 1.29 is 9.72 Å². The van der Waals surface area contributed by atoms with Crippen LogP contribution in [0.1, 0.15) is 15.9 Å². The molecule has 0 aliphatic carbocycles. The summed E-state index contributed by atoms with van der Waals surface area (Å²) in [6, 6.07) is 9.69.